The van der Waals surface area contributed by atoms with E-state index < -0.39 is 41.7 Å². The lowest BCUT2D eigenvalue weighted by Gasteiger charge is -2.20. The lowest BCUT2D eigenvalue weighted by Crippen LogP contribution is -2.34. The van der Waals surface area contributed by atoms with Crippen molar-refractivity contribution >= 4 is 29.3 Å². The minimum atomic E-state index is -0.770. The van der Waals surface area contributed by atoms with E-state index in [-0.39, 0.29) is 17.8 Å². The number of halogens is 2. The summed E-state index contributed by atoms with van der Waals surface area (Å²) >= 11 is 0. The van der Waals surface area contributed by atoms with E-state index in [2.05, 4.69) is 16.0 Å². The summed E-state index contributed by atoms with van der Waals surface area (Å²) in [7, 11) is 0. The minimum absolute atomic E-state index is 0.00485. The molecule has 0 bridgehead atoms. The van der Waals surface area contributed by atoms with Crippen LogP contribution in [0.3, 0.4) is 0 Å². The SMILES string of the molecule is CC(C)(C)OC(=O)Nc1ccc(F)cc1NC(=O)CNC(=O)Cc1cccc(F)c1. The highest BCUT2D eigenvalue weighted by molar-refractivity contribution is 5.99. The molecular formula is C21H23F2N3O4. The molecule has 2 aromatic rings. The molecule has 0 fully saturated rings. The van der Waals surface area contributed by atoms with E-state index >= 15 is 0 Å². The summed E-state index contributed by atoms with van der Waals surface area (Å²) in [4.78, 5) is 36.0. The number of nitrogens with one attached hydrogen (secondary N) is 3. The van der Waals surface area contributed by atoms with Gasteiger partial charge in [-0.25, -0.2) is 13.6 Å². The molecule has 2 rings (SSSR count). The number of hydrogen-bond acceptors (Lipinski definition) is 4. The Morgan fingerprint density at radius 1 is 0.900 bits per heavy atom. The Hall–Kier alpha value is -3.49. The van der Waals surface area contributed by atoms with Gasteiger partial charge in [-0.3, -0.25) is 14.9 Å². The van der Waals surface area contributed by atoms with Crippen LogP contribution in [0.4, 0.5) is 25.0 Å². The fraction of sp³-hybridized carbons (Fsp3) is 0.286. The van der Waals surface area contributed by atoms with Crippen molar-refractivity contribution in [3.63, 3.8) is 0 Å². The average Bonchev–Trinajstić information content (AvgIpc) is 2.61. The van der Waals surface area contributed by atoms with Crippen LogP contribution in [-0.4, -0.2) is 30.1 Å². The number of rotatable bonds is 6. The molecule has 2 aromatic carbocycles. The Bertz CT molecular complexity index is 942. The van der Waals surface area contributed by atoms with Gasteiger partial charge in [0.1, 0.15) is 17.2 Å². The fourth-order valence-electron chi connectivity index (χ4n) is 2.41. The van der Waals surface area contributed by atoms with Crippen molar-refractivity contribution in [2.75, 3.05) is 17.2 Å². The average molecular weight is 419 g/mol. The van der Waals surface area contributed by atoms with Crippen molar-refractivity contribution in [1.82, 2.24) is 5.32 Å². The first-order chi connectivity index (χ1) is 14.0. The predicted octanol–water partition coefficient (Wildman–Crippen LogP) is 3.61. The molecule has 0 saturated heterocycles. The molecule has 160 valence electrons. The second-order valence-corrected chi connectivity index (χ2v) is 7.45. The van der Waals surface area contributed by atoms with Gasteiger partial charge >= 0.3 is 6.09 Å². The molecule has 30 heavy (non-hydrogen) atoms. The zero-order valence-electron chi connectivity index (χ0n) is 16.8. The van der Waals surface area contributed by atoms with Gasteiger partial charge in [0.05, 0.1) is 24.3 Å². The number of amides is 3. The van der Waals surface area contributed by atoms with E-state index in [1.165, 1.54) is 24.3 Å². The Kier molecular flexibility index (Phi) is 7.46. The van der Waals surface area contributed by atoms with Gasteiger partial charge in [0.25, 0.3) is 0 Å². The van der Waals surface area contributed by atoms with Crippen LogP contribution >= 0.6 is 0 Å². The summed E-state index contributed by atoms with van der Waals surface area (Å²) in [6.45, 7) is 4.67. The van der Waals surface area contributed by atoms with Gasteiger partial charge in [-0.2, -0.15) is 0 Å². The van der Waals surface area contributed by atoms with E-state index in [0.717, 1.165) is 12.1 Å². The van der Waals surface area contributed by atoms with E-state index in [1.54, 1.807) is 26.8 Å². The standard InChI is InChI=1S/C21H23F2N3O4/c1-21(2,3)30-20(29)26-16-8-7-15(23)11-17(16)25-19(28)12-24-18(27)10-13-5-4-6-14(22)9-13/h4-9,11H,10,12H2,1-3H3,(H,24,27)(H,25,28)(H,26,29). The monoisotopic (exact) mass is 419 g/mol. The van der Waals surface area contributed by atoms with Crippen molar-refractivity contribution in [1.29, 1.82) is 0 Å². The third-order valence-corrected chi connectivity index (χ3v) is 3.59. The van der Waals surface area contributed by atoms with E-state index in [0.29, 0.717) is 5.56 Å². The first kappa shape index (κ1) is 22.8. The van der Waals surface area contributed by atoms with Crippen molar-refractivity contribution in [2.24, 2.45) is 0 Å². The highest BCUT2D eigenvalue weighted by Gasteiger charge is 2.18. The quantitative estimate of drug-likeness (QED) is 0.666. The first-order valence-electron chi connectivity index (χ1n) is 9.12. The second kappa shape index (κ2) is 9.82. The van der Waals surface area contributed by atoms with Crippen LogP contribution < -0.4 is 16.0 Å². The molecule has 0 radical (unpaired) electrons. The topological polar surface area (TPSA) is 96.5 Å². The van der Waals surface area contributed by atoms with Crippen LogP contribution in [0, 0.1) is 11.6 Å². The summed E-state index contributed by atoms with van der Waals surface area (Å²) in [5.74, 6) is -2.22. The summed E-state index contributed by atoms with van der Waals surface area (Å²) < 4.78 is 31.9. The Morgan fingerprint density at radius 2 is 1.60 bits per heavy atom. The molecule has 7 nitrogen and oxygen atoms in total. The van der Waals surface area contributed by atoms with E-state index in [9.17, 15) is 23.2 Å². The number of ether oxygens (including phenoxy) is 1. The molecule has 0 heterocycles. The van der Waals surface area contributed by atoms with Crippen molar-refractivity contribution in [2.45, 2.75) is 32.8 Å². The highest BCUT2D eigenvalue weighted by Crippen LogP contribution is 2.23. The van der Waals surface area contributed by atoms with Gasteiger partial charge in [0, 0.05) is 0 Å². The molecule has 9 heteroatoms. The molecule has 0 saturated carbocycles. The zero-order chi connectivity index (χ0) is 22.3. The summed E-state index contributed by atoms with van der Waals surface area (Å²) in [6, 6.07) is 8.97. The molecule has 0 aliphatic heterocycles. The third kappa shape index (κ3) is 7.86. The summed E-state index contributed by atoms with van der Waals surface area (Å²) in [5.41, 5.74) is -0.142. The largest absolute Gasteiger partial charge is 0.444 e. The van der Waals surface area contributed by atoms with Crippen molar-refractivity contribution < 1.29 is 27.9 Å². The number of carbonyl (C=O) groups is 3. The van der Waals surface area contributed by atoms with Crippen LogP contribution in [0.1, 0.15) is 26.3 Å². The molecule has 0 atom stereocenters. The molecule has 0 unspecified atom stereocenters. The summed E-state index contributed by atoms with van der Waals surface area (Å²) in [5, 5.41) is 7.26. The molecule has 0 aliphatic rings. The molecule has 3 N–H and O–H groups in total. The summed E-state index contributed by atoms with van der Waals surface area (Å²) in [6.07, 6.45) is -0.871. The van der Waals surface area contributed by atoms with Gasteiger partial charge in [-0.05, 0) is 56.7 Å². The smallest absolute Gasteiger partial charge is 0.412 e. The third-order valence-electron chi connectivity index (χ3n) is 3.59. The van der Waals surface area contributed by atoms with Crippen LogP contribution in [0.25, 0.3) is 0 Å². The van der Waals surface area contributed by atoms with Gasteiger partial charge in [0.15, 0.2) is 0 Å². The molecular weight excluding hydrogens is 396 g/mol. The molecule has 3 amide bonds. The predicted molar refractivity (Wildman–Crippen MR) is 108 cm³/mol. The normalized spacial score (nSPS) is 10.8. The molecule has 0 aromatic heterocycles. The highest BCUT2D eigenvalue weighted by atomic mass is 19.1. The van der Waals surface area contributed by atoms with E-state index in [4.69, 9.17) is 4.74 Å². The van der Waals surface area contributed by atoms with Gasteiger partial charge < -0.3 is 15.4 Å². The fourth-order valence-corrected chi connectivity index (χ4v) is 2.41. The van der Waals surface area contributed by atoms with Gasteiger partial charge in [-0.1, -0.05) is 12.1 Å². The number of hydrogen-bond donors (Lipinski definition) is 3. The Balaban J connectivity index is 1.94. The van der Waals surface area contributed by atoms with Crippen LogP contribution in [0.5, 0.6) is 0 Å². The first-order valence-corrected chi connectivity index (χ1v) is 9.12. The van der Waals surface area contributed by atoms with Crippen molar-refractivity contribution in [3.8, 4) is 0 Å². The van der Waals surface area contributed by atoms with Crippen LogP contribution in [-0.2, 0) is 20.7 Å². The lowest BCUT2D eigenvalue weighted by atomic mass is 10.1. The lowest BCUT2D eigenvalue weighted by molar-refractivity contribution is -0.123. The number of carbonyl (C=O) groups excluding carboxylic acids is 3. The zero-order valence-corrected chi connectivity index (χ0v) is 16.8. The molecule has 0 spiro atoms. The van der Waals surface area contributed by atoms with Crippen LogP contribution in [0.2, 0.25) is 0 Å². The Morgan fingerprint density at radius 3 is 2.27 bits per heavy atom. The Labute approximate surface area is 172 Å². The van der Waals surface area contributed by atoms with Crippen LogP contribution in [0.15, 0.2) is 42.5 Å². The maximum absolute atomic E-state index is 13.6. The second-order valence-electron chi connectivity index (χ2n) is 7.45. The van der Waals surface area contributed by atoms with Gasteiger partial charge in [0.2, 0.25) is 11.8 Å². The number of anilines is 2. The van der Waals surface area contributed by atoms with Gasteiger partial charge in [-0.15, -0.1) is 0 Å². The van der Waals surface area contributed by atoms with E-state index in [1.807, 2.05) is 0 Å². The number of benzene rings is 2. The van der Waals surface area contributed by atoms with Crippen molar-refractivity contribution in [3.05, 3.63) is 59.7 Å². The maximum Gasteiger partial charge on any atom is 0.412 e. The molecule has 0 aliphatic carbocycles. The minimum Gasteiger partial charge on any atom is -0.444 e. The maximum atomic E-state index is 13.6.